The maximum Gasteiger partial charge on any atom is 0.336 e. The third-order valence-electron chi connectivity index (χ3n) is 9.98. The minimum atomic E-state index is -3.02. The zero-order chi connectivity index (χ0) is 31.5. The lowest BCUT2D eigenvalue weighted by Crippen LogP contribution is -2.63. The molecule has 3 fully saturated rings. The van der Waals surface area contributed by atoms with Crippen LogP contribution in [-0.4, -0.2) is 64.8 Å². The van der Waals surface area contributed by atoms with Gasteiger partial charge in [-0.2, -0.15) is 0 Å². The Morgan fingerprint density at radius 1 is 1.02 bits per heavy atom. The van der Waals surface area contributed by atoms with E-state index in [1.54, 1.807) is 43.9 Å². The summed E-state index contributed by atoms with van der Waals surface area (Å²) >= 11 is 6.54. The molecule has 5 rings (SSSR count). The van der Waals surface area contributed by atoms with E-state index in [4.69, 9.17) is 21.8 Å². The van der Waals surface area contributed by atoms with Crippen LogP contribution in [0.2, 0.25) is 5.02 Å². The number of hydrogen-bond donors (Lipinski definition) is 2. The largest absolute Gasteiger partial charge is 0.481 e. The number of likely N-dealkylation sites (tertiary alicyclic amines) is 2. The molecule has 1 aromatic carbocycles. The van der Waals surface area contributed by atoms with Gasteiger partial charge in [0.25, 0.3) is 5.91 Å². The number of hydrogen-bond acceptors (Lipinski definition) is 6. The van der Waals surface area contributed by atoms with Crippen LogP contribution in [-0.2, 0) is 15.1 Å². The number of aryl methyl sites for hydroxylation is 3. The minimum Gasteiger partial charge on any atom is -0.481 e. The SMILES string of the molecule is Cc1ccc(C(CC(N)=O)(N2CC3CN(C(=O)c4c(C)cc(=O)oc4C)CC3C2)C2(C(=O)O)CCC(F)(F)CC2)cc1Cl. The van der Waals surface area contributed by atoms with Crippen LogP contribution < -0.4 is 11.4 Å². The van der Waals surface area contributed by atoms with Crippen molar-refractivity contribution in [3.63, 3.8) is 0 Å². The second-order valence-corrected chi connectivity index (χ2v) is 12.9. The predicted molar refractivity (Wildman–Crippen MR) is 154 cm³/mol. The molecule has 232 valence electrons. The number of halogens is 3. The fourth-order valence-corrected chi connectivity index (χ4v) is 7.98. The number of nitrogens with two attached hydrogens (primary N) is 1. The van der Waals surface area contributed by atoms with Crippen LogP contribution >= 0.6 is 11.6 Å². The summed E-state index contributed by atoms with van der Waals surface area (Å²) in [5, 5.41) is 11.2. The minimum absolute atomic E-state index is 0.0793. The number of carbonyl (C=O) groups excluding carboxylic acids is 2. The van der Waals surface area contributed by atoms with Gasteiger partial charge in [0.05, 0.1) is 22.9 Å². The molecule has 1 aromatic heterocycles. The van der Waals surface area contributed by atoms with Gasteiger partial charge in [0.2, 0.25) is 11.8 Å². The number of primary amides is 1. The monoisotopic (exact) mass is 619 g/mol. The highest BCUT2D eigenvalue weighted by molar-refractivity contribution is 6.31. The van der Waals surface area contributed by atoms with E-state index in [9.17, 15) is 33.1 Å². The van der Waals surface area contributed by atoms with Gasteiger partial charge in [-0.15, -0.1) is 0 Å². The lowest BCUT2D eigenvalue weighted by Gasteiger charge is -2.55. The van der Waals surface area contributed by atoms with Crippen LogP contribution in [0.4, 0.5) is 8.78 Å². The lowest BCUT2D eigenvalue weighted by atomic mass is 9.56. The van der Waals surface area contributed by atoms with E-state index < -0.39 is 53.6 Å². The van der Waals surface area contributed by atoms with Gasteiger partial charge in [-0.1, -0.05) is 23.7 Å². The topological polar surface area (TPSA) is 134 Å². The molecule has 2 aromatic rings. The first kappa shape index (κ1) is 31.1. The first-order valence-corrected chi connectivity index (χ1v) is 14.8. The number of amides is 2. The Hall–Kier alpha value is -3.31. The maximum atomic E-state index is 14.5. The number of benzene rings is 1. The van der Waals surface area contributed by atoms with E-state index in [0.29, 0.717) is 47.9 Å². The maximum absolute atomic E-state index is 14.5. The van der Waals surface area contributed by atoms with Crippen LogP contribution in [0.15, 0.2) is 33.5 Å². The zero-order valence-electron chi connectivity index (χ0n) is 24.4. The molecule has 2 aliphatic heterocycles. The summed E-state index contributed by atoms with van der Waals surface area (Å²) in [6.45, 7) is 6.41. The highest BCUT2D eigenvalue weighted by Crippen LogP contribution is 2.59. The molecule has 1 saturated carbocycles. The first-order valence-electron chi connectivity index (χ1n) is 14.4. The van der Waals surface area contributed by atoms with Crippen LogP contribution in [0, 0.1) is 38.0 Å². The molecule has 3 unspecified atom stereocenters. The Morgan fingerprint density at radius 3 is 2.14 bits per heavy atom. The molecule has 3 N–H and O–H groups in total. The van der Waals surface area contributed by atoms with Crippen LogP contribution in [0.1, 0.15) is 64.9 Å². The van der Waals surface area contributed by atoms with Crippen molar-refractivity contribution in [2.45, 2.75) is 64.3 Å². The third-order valence-corrected chi connectivity index (χ3v) is 10.4. The fraction of sp³-hybridized carbons (Fsp3) is 0.548. The summed E-state index contributed by atoms with van der Waals surface area (Å²) in [5.41, 5.74) is 4.05. The van der Waals surface area contributed by atoms with Gasteiger partial charge in [0.15, 0.2) is 0 Å². The molecule has 2 amide bonds. The summed E-state index contributed by atoms with van der Waals surface area (Å²) in [5.74, 6) is -5.20. The van der Waals surface area contributed by atoms with Gasteiger partial charge in [0.1, 0.15) is 5.76 Å². The van der Waals surface area contributed by atoms with E-state index in [1.807, 2.05) is 4.90 Å². The fourth-order valence-electron chi connectivity index (χ4n) is 7.80. The van der Waals surface area contributed by atoms with E-state index >= 15 is 0 Å². The number of fused-ring (bicyclic) bond motifs is 1. The molecule has 0 bridgehead atoms. The lowest BCUT2D eigenvalue weighted by molar-refractivity contribution is -0.179. The van der Waals surface area contributed by atoms with Crippen molar-refractivity contribution in [2.24, 2.45) is 23.0 Å². The normalized spacial score (nSPS) is 24.4. The van der Waals surface area contributed by atoms with Crippen molar-refractivity contribution in [3.8, 4) is 0 Å². The summed E-state index contributed by atoms with van der Waals surface area (Å²) in [6, 6.07) is 6.37. The zero-order valence-corrected chi connectivity index (χ0v) is 25.2. The van der Waals surface area contributed by atoms with Crippen molar-refractivity contribution < 1.29 is 32.7 Å². The van der Waals surface area contributed by atoms with Gasteiger partial charge in [-0.3, -0.25) is 19.3 Å². The van der Waals surface area contributed by atoms with Gasteiger partial charge < -0.3 is 20.2 Å². The quantitative estimate of drug-likeness (QED) is 0.473. The smallest absolute Gasteiger partial charge is 0.336 e. The highest BCUT2D eigenvalue weighted by Gasteiger charge is 2.65. The highest BCUT2D eigenvalue weighted by atomic mass is 35.5. The van der Waals surface area contributed by atoms with E-state index in [1.165, 1.54) is 6.07 Å². The molecule has 3 aliphatic rings. The van der Waals surface area contributed by atoms with Crippen LogP contribution in [0.3, 0.4) is 0 Å². The molecule has 0 spiro atoms. The van der Waals surface area contributed by atoms with E-state index in [0.717, 1.165) is 5.56 Å². The number of rotatable bonds is 7. The molecule has 43 heavy (non-hydrogen) atoms. The molecule has 1 aliphatic carbocycles. The average Bonchev–Trinajstić information content (AvgIpc) is 3.48. The van der Waals surface area contributed by atoms with Crippen molar-refractivity contribution in [3.05, 3.63) is 67.7 Å². The molecular formula is C31H36ClF2N3O6. The number of carboxylic acid groups (broad SMARTS) is 1. The molecular weight excluding hydrogens is 584 g/mol. The second kappa shape index (κ2) is 11.0. The summed E-state index contributed by atoms with van der Waals surface area (Å²) < 4.78 is 34.2. The number of alkyl halides is 2. The Bertz CT molecular complexity index is 1490. The van der Waals surface area contributed by atoms with Gasteiger partial charge in [-0.25, -0.2) is 13.6 Å². The van der Waals surface area contributed by atoms with Crippen molar-refractivity contribution in [1.29, 1.82) is 0 Å². The van der Waals surface area contributed by atoms with E-state index in [2.05, 4.69) is 0 Å². The van der Waals surface area contributed by atoms with Crippen molar-refractivity contribution in [2.75, 3.05) is 26.2 Å². The predicted octanol–water partition coefficient (Wildman–Crippen LogP) is 4.27. The standard InChI is InChI=1S/C31H36ClF2N3O6/c1-17-4-5-22(11-23(17)32)31(12-24(35)38,29(28(41)42)6-8-30(33,34)9-7-29)37-15-20-13-36(14-21(20)16-37)27(40)26-18(2)10-25(39)43-19(26)3/h4-5,10-11,20-21H,6-9,12-16H2,1-3H3,(H2,35,38)(H,41,42). The van der Waals surface area contributed by atoms with Crippen LogP contribution in [0.5, 0.6) is 0 Å². The molecule has 9 nitrogen and oxygen atoms in total. The summed E-state index contributed by atoms with van der Waals surface area (Å²) in [7, 11) is 0. The molecule has 3 heterocycles. The van der Waals surface area contributed by atoms with E-state index in [-0.39, 0.29) is 36.3 Å². The molecule has 12 heteroatoms. The molecule has 2 saturated heterocycles. The Balaban J connectivity index is 1.55. The third kappa shape index (κ3) is 5.24. The second-order valence-electron chi connectivity index (χ2n) is 12.5. The number of carboxylic acids is 1. The van der Waals surface area contributed by atoms with Gasteiger partial charge in [0, 0.05) is 50.1 Å². The Labute approximate surface area is 253 Å². The van der Waals surface area contributed by atoms with Crippen LogP contribution in [0.25, 0.3) is 0 Å². The summed E-state index contributed by atoms with van der Waals surface area (Å²) in [6.07, 6.45) is -2.35. The number of nitrogens with zero attached hydrogens (tertiary/aromatic N) is 2. The molecule has 3 atom stereocenters. The Kier molecular flexibility index (Phi) is 7.96. The van der Waals surface area contributed by atoms with Crippen molar-refractivity contribution in [1.82, 2.24) is 9.80 Å². The average molecular weight is 620 g/mol. The van der Waals surface area contributed by atoms with Gasteiger partial charge >= 0.3 is 11.6 Å². The summed E-state index contributed by atoms with van der Waals surface area (Å²) in [4.78, 5) is 55.0. The van der Waals surface area contributed by atoms with Crippen molar-refractivity contribution >= 4 is 29.4 Å². The van der Waals surface area contributed by atoms with Gasteiger partial charge in [-0.05, 0) is 68.2 Å². The first-order chi connectivity index (χ1) is 20.1. The Morgan fingerprint density at radius 2 is 1.63 bits per heavy atom. The number of carbonyl (C=O) groups is 3. The number of aliphatic carboxylic acids is 1. The molecule has 0 radical (unpaired) electrons.